The molecule has 0 aliphatic carbocycles. The molecule has 0 fully saturated rings. The summed E-state index contributed by atoms with van der Waals surface area (Å²) in [6.45, 7) is 7.60. The normalized spacial score (nSPS) is 8.61. The van der Waals surface area contributed by atoms with E-state index in [0.717, 1.165) is 0 Å². The van der Waals surface area contributed by atoms with E-state index in [0.29, 0.717) is 31.3 Å². The van der Waals surface area contributed by atoms with Gasteiger partial charge in [-0.25, -0.2) is 0 Å². The van der Waals surface area contributed by atoms with Gasteiger partial charge in [0.05, 0.1) is 7.11 Å². The molecule has 0 aliphatic rings. The van der Waals surface area contributed by atoms with Crippen molar-refractivity contribution in [2.24, 2.45) is 17.2 Å². The number of nitrogens with zero attached hydrogens (tertiary/aromatic N) is 4. The average Bonchev–Trinajstić information content (AvgIpc) is 2.68. The second-order valence-electron chi connectivity index (χ2n) is 4.20. The van der Waals surface area contributed by atoms with Crippen molar-refractivity contribution in [3.8, 4) is 24.3 Å². The monoisotopic (exact) mass is 395 g/mol. The summed E-state index contributed by atoms with van der Waals surface area (Å²) in [5.41, 5.74) is 13.1. The molecule has 28 heavy (non-hydrogen) atoms. The average molecular weight is 395 g/mol. The summed E-state index contributed by atoms with van der Waals surface area (Å²) in [6.07, 6.45) is 5.44. The molecule has 0 radical (unpaired) electrons. The lowest BCUT2D eigenvalue weighted by molar-refractivity contribution is -0.269. The van der Waals surface area contributed by atoms with E-state index in [1.165, 1.54) is 18.6 Å². The number of pyridine rings is 1. The zero-order valence-corrected chi connectivity index (χ0v) is 16.7. The van der Waals surface area contributed by atoms with Crippen LogP contribution in [0, 0.1) is 34.4 Å². The van der Waals surface area contributed by atoms with Crippen LogP contribution in [0.3, 0.4) is 0 Å². The molecule has 0 bridgehead atoms. The smallest absolute Gasteiger partial charge is 0.240 e. The highest BCUT2D eigenvalue weighted by atomic mass is 16.7. The molecule has 0 saturated carbocycles. The molecule has 1 heterocycles. The topological polar surface area (TPSA) is 199 Å². The minimum atomic E-state index is -1.02. The molecule has 0 aromatic carbocycles. The molecule has 0 unspecified atom stereocenters. The molecule has 0 aliphatic heterocycles. The first kappa shape index (κ1) is 29.5. The predicted molar refractivity (Wildman–Crippen MR) is 102 cm³/mol. The number of methoxy groups -OCH3 is 1. The van der Waals surface area contributed by atoms with Crippen LogP contribution in [0.5, 0.6) is 5.75 Å². The van der Waals surface area contributed by atoms with Crippen molar-refractivity contribution in [2.45, 2.75) is 26.6 Å². The molecule has 6 N–H and O–H groups in total. The Morgan fingerprint density at radius 1 is 0.964 bits per heavy atom. The molecular formula is C17H29N7O4. The Bertz CT molecular complexity index is 574. The maximum atomic E-state index is 7.10. The molecule has 11 heteroatoms. The standard InChI is InChI=1S/C14H23NO4.3CH2N2/c1-5-17-11-14(18-6-2,19-7-3)13-12(16-4)9-8-10-15-13;3*2-1-3/h8-10H,5-7,11H2,1-4H3;3*2H2. The first-order valence-electron chi connectivity index (χ1n) is 8.12. The zero-order valence-electron chi connectivity index (χ0n) is 16.7. The van der Waals surface area contributed by atoms with Gasteiger partial charge in [0.25, 0.3) is 0 Å². The highest BCUT2D eigenvalue weighted by molar-refractivity contribution is 5.30. The first-order valence-corrected chi connectivity index (χ1v) is 8.12. The van der Waals surface area contributed by atoms with Crippen LogP contribution >= 0.6 is 0 Å². The SMILES string of the molecule is CCOCC(OCC)(OCC)c1ncccc1OC.N#CN.N#CN.N#CN. The summed E-state index contributed by atoms with van der Waals surface area (Å²) in [5, 5.41) is 21.3. The minimum Gasteiger partial charge on any atom is -0.495 e. The van der Waals surface area contributed by atoms with Gasteiger partial charge in [-0.2, -0.15) is 15.8 Å². The number of hydrogen-bond donors (Lipinski definition) is 3. The molecule has 0 amide bonds. The summed E-state index contributed by atoms with van der Waals surface area (Å²) in [6, 6.07) is 3.65. The second-order valence-corrected chi connectivity index (χ2v) is 4.20. The molecule has 1 aromatic heterocycles. The van der Waals surface area contributed by atoms with Crippen LogP contribution in [0.4, 0.5) is 0 Å². The molecule has 1 rings (SSSR count). The number of aromatic nitrogens is 1. The van der Waals surface area contributed by atoms with E-state index in [1.54, 1.807) is 13.3 Å². The Morgan fingerprint density at radius 3 is 1.79 bits per heavy atom. The van der Waals surface area contributed by atoms with Crippen molar-refractivity contribution >= 4 is 0 Å². The van der Waals surface area contributed by atoms with Crippen LogP contribution in [-0.4, -0.2) is 38.5 Å². The fourth-order valence-corrected chi connectivity index (χ4v) is 1.87. The van der Waals surface area contributed by atoms with Crippen molar-refractivity contribution in [2.75, 3.05) is 33.5 Å². The Labute approximate surface area is 166 Å². The molecule has 156 valence electrons. The predicted octanol–water partition coefficient (Wildman–Crippen LogP) is 0.631. The van der Waals surface area contributed by atoms with E-state index in [-0.39, 0.29) is 6.61 Å². The third kappa shape index (κ3) is 13.0. The van der Waals surface area contributed by atoms with Gasteiger partial charge in [0.15, 0.2) is 18.6 Å². The van der Waals surface area contributed by atoms with Crippen LogP contribution in [0.25, 0.3) is 0 Å². The van der Waals surface area contributed by atoms with Gasteiger partial charge in [-0.15, -0.1) is 0 Å². The Balaban J connectivity index is -0.000000588. The largest absolute Gasteiger partial charge is 0.495 e. The second kappa shape index (κ2) is 21.7. The number of rotatable bonds is 9. The van der Waals surface area contributed by atoms with Gasteiger partial charge in [-0.3, -0.25) is 4.98 Å². The van der Waals surface area contributed by atoms with Crippen LogP contribution in [0.2, 0.25) is 0 Å². The van der Waals surface area contributed by atoms with Crippen molar-refractivity contribution < 1.29 is 18.9 Å². The van der Waals surface area contributed by atoms with Gasteiger partial charge in [0, 0.05) is 26.0 Å². The molecule has 0 saturated heterocycles. The molecule has 0 spiro atoms. The van der Waals surface area contributed by atoms with Crippen molar-refractivity contribution in [1.82, 2.24) is 4.98 Å². The lowest BCUT2D eigenvalue weighted by Crippen LogP contribution is -2.39. The highest BCUT2D eigenvalue weighted by Gasteiger charge is 2.38. The summed E-state index contributed by atoms with van der Waals surface area (Å²) >= 11 is 0. The van der Waals surface area contributed by atoms with Crippen LogP contribution in [-0.2, 0) is 20.0 Å². The van der Waals surface area contributed by atoms with Crippen LogP contribution in [0.1, 0.15) is 26.5 Å². The number of nitrogens with two attached hydrogens (primary N) is 3. The number of nitriles is 3. The van der Waals surface area contributed by atoms with Gasteiger partial charge in [0.2, 0.25) is 5.79 Å². The molecule has 1 aromatic rings. The zero-order chi connectivity index (χ0) is 22.3. The fraction of sp³-hybridized carbons (Fsp3) is 0.529. The van der Waals surface area contributed by atoms with Crippen LogP contribution < -0.4 is 21.9 Å². The summed E-state index contributed by atoms with van der Waals surface area (Å²) < 4.78 is 22.5. The third-order valence-electron chi connectivity index (χ3n) is 2.60. The summed E-state index contributed by atoms with van der Waals surface area (Å²) in [7, 11) is 1.60. The van der Waals surface area contributed by atoms with E-state index in [4.69, 9.17) is 34.7 Å². The minimum absolute atomic E-state index is 0.276. The summed E-state index contributed by atoms with van der Waals surface area (Å²) in [5.74, 6) is -0.393. The van der Waals surface area contributed by atoms with Gasteiger partial charge < -0.3 is 36.1 Å². The van der Waals surface area contributed by atoms with Crippen molar-refractivity contribution in [3.05, 3.63) is 24.0 Å². The Morgan fingerprint density at radius 2 is 1.43 bits per heavy atom. The number of hydrogen-bond acceptors (Lipinski definition) is 11. The fourth-order valence-electron chi connectivity index (χ4n) is 1.87. The van der Waals surface area contributed by atoms with E-state index in [1.807, 2.05) is 32.9 Å². The highest BCUT2D eigenvalue weighted by Crippen LogP contribution is 2.33. The van der Waals surface area contributed by atoms with Crippen LogP contribution in [0.15, 0.2) is 18.3 Å². The van der Waals surface area contributed by atoms with Crippen molar-refractivity contribution in [3.63, 3.8) is 0 Å². The maximum absolute atomic E-state index is 7.10. The van der Waals surface area contributed by atoms with Gasteiger partial charge in [0.1, 0.15) is 18.1 Å². The van der Waals surface area contributed by atoms with Gasteiger partial charge in [-0.1, -0.05) is 0 Å². The molecular weight excluding hydrogens is 366 g/mol. The van der Waals surface area contributed by atoms with Crippen molar-refractivity contribution in [1.29, 1.82) is 15.8 Å². The van der Waals surface area contributed by atoms with Gasteiger partial charge >= 0.3 is 0 Å². The van der Waals surface area contributed by atoms with E-state index < -0.39 is 5.79 Å². The third-order valence-corrected chi connectivity index (χ3v) is 2.60. The van der Waals surface area contributed by atoms with E-state index in [9.17, 15) is 0 Å². The lowest BCUT2D eigenvalue weighted by Gasteiger charge is -2.32. The van der Waals surface area contributed by atoms with E-state index in [2.05, 4.69) is 22.2 Å². The maximum Gasteiger partial charge on any atom is 0.240 e. The Kier molecular flexibility index (Phi) is 22.9. The number of ether oxygens (including phenoxy) is 4. The summed E-state index contributed by atoms with van der Waals surface area (Å²) in [4.78, 5) is 4.36. The quantitative estimate of drug-likeness (QED) is 0.301. The van der Waals surface area contributed by atoms with E-state index >= 15 is 0 Å². The Hall–Kier alpha value is -3.30. The van der Waals surface area contributed by atoms with Gasteiger partial charge in [-0.05, 0) is 32.9 Å². The molecule has 11 nitrogen and oxygen atoms in total. The first-order chi connectivity index (χ1) is 13.5. The lowest BCUT2D eigenvalue weighted by atomic mass is 10.1. The molecule has 0 atom stereocenters.